The van der Waals surface area contributed by atoms with Crippen LogP contribution >= 0.6 is 7.82 Å². The average molecular weight is 665 g/mol. The summed E-state index contributed by atoms with van der Waals surface area (Å²) in [4.78, 5) is 35.0. The summed E-state index contributed by atoms with van der Waals surface area (Å²) in [6.45, 7) is 4.39. The number of carbonyl (C=O) groups is 2. The van der Waals surface area contributed by atoms with Gasteiger partial charge in [0.15, 0.2) is 6.10 Å². The predicted molar refractivity (Wildman–Crippen MR) is 183 cm³/mol. The Morgan fingerprint density at radius 1 is 0.600 bits per heavy atom. The van der Waals surface area contributed by atoms with Crippen LogP contribution in [0.1, 0.15) is 162 Å². The van der Waals surface area contributed by atoms with Crippen molar-refractivity contribution in [2.24, 2.45) is 0 Å². The Bertz CT molecular complexity index is 758. The Labute approximate surface area is 276 Å². The molecular weight excluding hydrogens is 593 g/mol. The first-order valence-corrected chi connectivity index (χ1v) is 19.8. The molecule has 45 heavy (non-hydrogen) atoms. The smallest absolute Gasteiger partial charge is 0.462 e. The van der Waals surface area contributed by atoms with Gasteiger partial charge >= 0.3 is 19.8 Å². The SMILES string of the molecule is CCCCCCCCCCCCCCC(=O)O[C@H](COC(=O)CCCCCCCCCCC)COP(=O)(O)OCC[N+](C)(C)C. The number of esters is 2. The molecule has 0 fully saturated rings. The zero-order valence-electron chi connectivity index (χ0n) is 29.9. The van der Waals surface area contributed by atoms with E-state index < -0.39 is 26.5 Å². The fourth-order valence-corrected chi connectivity index (χ4v) is 5.70. The molecule has 0 spiro atoms. The summed E-state index contributed by atoms with van der Waals surface area (Å²) >= 11 is 0. The van der Waals surface area contributed by atoms with E-state index in [0.717, 1.165) is 32.1 Å². The fraction of sp³-hybridized carbons (Fsp3) is 0.943. The van der Waals surface area contributed by atoms with Gasteiger partial charge in [-0.25, -0.2) is 4.57 Å². The van der Waals surface area contributed by atoms with Crippen LogP contribution in [0.25, 0.3) is 0 Å². The average Bonchev–Trinajstić information content (AvgIpc) is 2.97. The topological polar surface area (TPSA) is 108 Å². The summed E-state index contributed by atoms with van der Waals surface area (Å²) in [5, 5.41) is 0. The zero-order valence-corrected chi connectivity index (χ0v) is 30.8. The molecule has 0 aliphatic rings. The second-order valence-corrected chi connectivity index (χ2v) is 15.1. The van der Waals surface area contributed by atoms with Gasteiger partial charge in [-0.3, -0.25) is 18.6 Å². The van der Waals surface area contributed by atoms with Crippen molar-refractivity contribution in [2.75, 3.05) is 47.5 Å². The number of unbranched alkanes of at least 4 members (excludes halogenated alkanes) is 19. The monoisotopic (exact) mass is 664 g/mol. The summed E-state index contributed by atoms with van der Waals surface area (Å²) in [5.41, 5.74) is 0. The molecule has 0 aromatic rings. The number of hydrogen-bond donors (Lipinski definition) is 1. The lowest BCUT2D eigenvalue weighted by Gasteiger charge is -2.24. The maximum absolute atomic E-state index is 12.6. The number of carbonyl (C=O) groups excluding carboxylic acids is 2. The van der Waals surface area contributed by atoms with Crippen LogP contribution < -0.4 is 0 Å². The summed E-state index contributed by atoms with van der Waals surface area (Å²) < 4.78 is 34.0. The second-order valence-electron chi connectivity index (χ2n) is 13.6. The number of quaternary nitrogens is 1. The first-order valence-electron chi connectivity index (χ1n) is 18.3. The van der Waals surface area contributed by atoms with E-state index >= 15 is 0 Å². The first-order chi connectivity index (χ1) is 21.5. The molecule has 0 saturated carbocycles. The highest BCUT2D eigenvalue weighted by molar-refractivity contribution is 7.47. The molecule has 1 unspecified atom stereocenters. The van der Waals surface area contributed by atoms with Gasteiger partial charge in [-0.1, -0.05) is 136 Å². The van der Waals surface area contributed by atoms with Crippen molar-refractivity contribution in [3.8, 4) is 0 Å². The van der Waals surface area contributed by atoms with Crippen molar-refractivity contribution in [3.05, 3.63) is 0 Å². The normalized spacial score (nSPS) is 13.8. The molecule has 0 aromatic carbocycles. The maximum Gasteiger partial charge on any atom is 0.472 e. The van der Waals surface area contributed by atoms with Crippen molar-refractivity contribution in [3.63, 3.8) is 0 Å². The van der Waals surface area contributed by atoms with Gasteiger partial charge in [0.2, 0.25) is 0 Å². The molecule has 0 aliphatic carbocycles. The molecule has 268 valence electrons. The van der Waals surface area contributed by atoms with Gasteiger partial charge in [0, 0.05) is 12.8 Å². The Hall–Kier alpha value is -0.990. The highest BCUT2D eigenvalue weighted by Gasteiger charge is 2.27. The molecule has 1 N–H and O–H groups in total. The summed E-state index contributed by atoms with van der Waals surface area (Å²) in [6, 6.07) is 0. The summed E-state index contributed by atoms with van der Waals surface area (Å²) in [7, 11) is 1.49. The molecule has 0 radical (unpaired) electrons. The zero-order chi connectivity index (χ0) is 33.7. The van der Waals surface area contributed by atoms with E-state index in [1.807, 2.05) is 21.1 Å². The number of phosphoric ester groups is 1. The van der Waals surface area contributed by atoms with Gasteiger partial charge in [0.1, 0.15) is 19.8 Å². The standard InChI is InChI=1S/C35H70NO8P/c1-6-8-10-12-14-16-17-18-20-22-24-26-28-35(38)44-33(32-43-45(39,40)42-30-29-36(3,4)5)31-41-34(37)27-25-23-21-19-15-13-11-9-7-2/h33H,6-32H2,1-5H3/p+1/t33-/m1/s1. The largest absolute Gasteiger partial charge is 0.472 e. The number of hydrogen-bond acceptors (Lipinski definition) is 7. The Balaban J connectivity index is 4.45. The molecule has 10 heteroatoms. The fourth-order valence-electron chi connectivity index (χ4n) is 4.95. The molecule has 2 atom stereocenters. The lowest BCUT2D eigenvalue weighted by atomic mass is 10.0. The highest BCUT2D eigenvalue weighted by atomic mass is 31.2. The van der Waals surface area contributed by atoms with Gasteiger partial charge in [-0.05, 0) is 12.8 Å². The highest BCUT2D eigenvalue weighted by Crippen LogP contribution is 2.43. The van der Waals surface area contributed by atoms with Crippen LogP contribution in [0.3, 0.4) is 0 Å². The van der Waals surface area contributed by atoms with Gasteiger partial charge in [0.25, 0.3) is 0 Å². The molecule has 0 heterocycles. The van der Waals surface area contributed by atoms with E-state index in [9.17, 15) is 19.0 Å². The van der Waals surface area contributed by atoms with Gasteiger partial charge in [-0.15, -0.1) is 0 Å². The van der Waals surface area contributed by atoms with Gasteiger partial charge in [0.05, 0.1) is 27.7 Å². The molecule has 0 bridgehead atoms. The minimum atomic E-state index is -4.35. The Kier molecular flexibility index (Phi) is 28.5. The Morgan fingerprint density at radius 3 is 1.42 bits per heavy atom. The van der Waals surface area contributed by atoms with Gasteiger partial charge in [-0.2, -0.15) is 0 Å². The van der Waals surface area contributed by atoms with E-state index in [-0.39, 0.29) is 25.6 Å². The van der Waals surface area contributed by atoms with E-state index in [0.29, 0.717) is 23.9 Å². The first kappa shape index (κ1) is 44.0. The summed E-state index contributed by atoms with van der Waals surface area (Å²) in [5.74, 6) is -0.796. The predicted octanol–water partition coefficient (Wildman–Crippen LogP) is 9.29. The van der Waals surface area contributed by atoms with E-state index in [4.69, 9.17) is 18.5 Å². The van der Waals surface area contributed by atoms with Crippen LogP contribution in [0.5, 0.6) is 0 Å². The number of rotatable bonds is 33. The van der Waals surface area contributed by atoms with E-state index in [2.05, 4.69) is 13.8 Å². The minimum Gasteiger partial charge on any atom is -0.462 e. The van der Waals surface area contributed by atoms with Crippen LogP contribution in [0.15, 0.2) is 0 Å². The van der Waals surface area contributed by atoms with Crippen LogP contribution in [0, 0.1) is 0 Å². The van der Waals surface area contributed by atoms with Gasteiger partial charge < -0.3 is 18.9 Å². The van der Waals surface area contributed by atoms with Crippen molar-refractivity contribution >= 4 is 19.8 Å². The number of likely N-dealkylation sites (N-methyl/N-ethyl adjacent to an activating group) is 1. The summed E-state index contributed by atoms with van der Waals surface area (Å²) in [6.07, 6.45) is 24.3. The quantitative estimate of drug-likeness (QED) is 0.0320. The molecule has 0 amide bonds. The van der Waals surface area contributed by atoms with Crippen molar-refractivity contribution in [2.45, 2.75) is 168 Å². The van der Waals surface area contributed by atoms with E-state index in [1.165, 1.54) is 96.3 Å². The third-order valence-electron chi connectivity index (χ3n) is 7.89. The van der Waals surface area contributed by atoms with Crippen LogP contribution in [-0.4, -0.2) is 74.9 Å². The second kappa shape index (κ2) is 29.2. The number of nitrogens with zero attached hydrogens (tertiary/aromatic N) is 1. The molecule has 9 nitrogen and oxygen atoms in total. The molecule has 0 saturated heterocycles. The van der Waals surface area contributed by atoms with E-state index in [1.54, 1.807) is 0 Å². The molecular formula is C35H71NO8P+. The molecule has 0 aliphatic heterocycles. The van der Waals surface area contributed by atoms with Crippen molar-refractivity contribution in [1.82, 2.24) is 0 Å². The third-order valence-corrected chi connectivity index (χ3v) is 8.87. The van der Waals surface area contributed by atoms with Crippen molar-refractivity contribution in [1.29, 1.82) is 0 Å². The minimum absolute atomic E-state index is 0.0361. The lowest BCUT2D eigenvalue weighted by Crippen LogP contribution is -2.37. The van der Waals surface area contributed by atoms with Crippen molar-refractivity contribution < 1.29 is 42.1 Å². The Morgan fingerprint density at radius 2 is 1.00 bits per heavy atom. The third kappa shape index (κ3) is 32.7. The number of phosphoric acid groups is 1. The molecule has 0 aromatic heterocycles. The maximum atomic E-state index is 12.6. The number of ether oxygens (including phenoxy) is 2. The van der Waals surface area contributed by atoms with Crippen LogP contribution in [-0.2, 0) is 32.7 Å². The van der Waals surface area contributed by atoms with Crippen LogP contribution in [0.2, 0.25) is 0 Å². The van der Waals surface area contributed by atoms with Crippen LogP contribution in [0.4, 0.5) is 0 Å². The molecule has 0 rings (SSSR count). The lowest BCUT2D eigenvalue weighted by molar-refractivity contribution is -0.870.